The van der Waals surface area contributed by atoms with Gasteiger partial charge < -0.3 is 0 Å². The monoisotopic (exact) mass is 274 g/mol. The summed E-state index contributed by atoms with van der Waals surface area (Å²) in [6.45, 7) is 3.34. The van der Waals surface area contributed by atoms with Gasteiger partial charge in [-0.3, -0.25) is 9.53 Å². The van der Waals surface area contributed by atoms with Gasteiger partial charge in [0.2, 0.25) is 0 Å². The third kappa shape index (κ3) is 2.53. The number of carbonyl (C=O) groups is 1. The zero-order chi connectivity index (χ0) is 14.3. The molecule has 1 aromatic carbocycles. The molecule has 1 aromatic rings. The molecule has 1 aliphatic rings. The van der Waals surface area contributed by atoms with Crippen LogP contribution in [0.4, 0.5) is 17.6 Å². The van der Waals surface area contributed by atoms with E-state index in [2.05, 4.69) is 11.3 Å². The lowest BCUT2D eigenvalue weighted by atomic mass is 9.94. The second kappa shape index (κ2) is 4.45. The van der Waals surface area contributed by atoms with Crippen LogP contribution in [-0.4, -0.2) is 17.7 Å². The maximum atomic E-state index is 13.1. The van der Waals surface area contributed by atoms with Crippen LogP contribution in [0.15, 0.2) is 30.9 Å². The third-order valence-electron chi connectivity index (χ3n) is 2.99. The number of ketones is 1. The first-order valence-electron chi connectivity index (χ1n) is 5.48. The van der Waals surface area contributed by atoms with Crippen molar-refractivity contribution in [3.8, 4) is 0 Å². The van der Waals surface area contributed by atoms with Crippen LogP contribution in [-0.2, 0) is 11.2 Å². The molecule has 0 saturated heterocycles. The highest BCUT2D eigenvalue weighted by atomic mass is 19.4. The van der Waals surface area contributed by atoms with E-state index in [-0.39, 0.29) is 24.0 Å². The van der Waals surface area contributed by atoms with E-state index in [0.29, 0.717) is 0 Å². The first-order chi connectivity index (χ1) is 8.77. The Morgan fingerprint density at radius 2 is 2.11 bits per heavy atom. The second-order valence-electron chi connectivity index (χ2n) is 4.34. The molecule has 1 aliphatic carbocycles. The van der Waals surface area contributed by atoms with Crippen molar-refractivity contribution >= 4 is 5.78 Å². The average Bonchev–Trinajstić information content (AvgIpc) is 2.49. The molecule has 102 valence electrons. The molecular weight excluding hydrogens is 264 g/mol. The standard InChI is InChI=1S/C13H10F4O2/c1-2-5-12(19-13(15,16)17)7-8-6-9(14)3-4-10(8)11(12)18/h2-4,6H,1,5,7H2. The van der Waals surface area contributed by atoms with E-state index in [9.17, 15) is 22.4 Å². The van der Waals surface area contributed by atoms with Gasteiger partial charge in [-0.2, -0.15) is 0 Å². The molecule has 2 rings (SSSR count). The Labute approximate surface area is 106 Å². The van der Waals surface area contributed by atoms with Crippen molar-refractivity contribution in [3.05, 3.63) is 47.8 Å². The van der Waals surface area contributed by atoms with Gasteiger partial charge in [0.05, 0.1) is 0 Å². The maximum absolute atomic E-state index is 13.1. The van der Waals surface area contributed by atoms with Crippen LogP contribution in [0.5, 0.6) is 0 Å². The Bertz CT molecular complexity index is 536. The van der Waals surface area contributed by atoms with E-state index < -0.39 is 23.6 Å². The first-order valence-corrected chi connectivity index (χ1v) is 5.48. The lowest BCUT2D eigenvalue weighted by Gasteiger charge is -2.27. The van der Waals surface area contributed by atoms with Gasteiger partial charge in [0.25, 0.3) is 0 Å². The molecule has 0 N–H and O–H groups in total. The number of hydrogen-bond donors (Lipinski definition) is 0. The minimum atomic E-state index is -4.95. The fourth-order valence-corrected chi connectivity index (χ4v) is 2.31. The zero-order valence-corrected chi connectivity index (χ0v) is 9.76. The van der Waals surface area contributed by atoms with Crippen molar-refractivity contribution in [1.29, 1.82) is 0 Å². The van der Waals surface area contributed by atoms with Gasteiger partial charge in [0.15, 0.2) is 5.78 Å². The van der Waals surface area contributed by atoms with E-state index in [1.54, 1.807) is 0 Å². The number of halogens is 4. The smallest absolute Gasteiger partial charge is 0.291 e. The number of hydrogen-bond acceptors (Lipinski definition) is 2. The predicted octanol–water partition coefficient (Wildman–Crippen LogP) is 3.42. The Morgan fingerprint density at radius 1 is 1.42 bits per heavy atom. The van der Waals surface area contributed by atoms with Crippen molar-refractivity contribution in [1.82, 2.24) is 0 Å². The lowest BCUT2D eigenvalue weighted by Crippen LogP contribution is -2.43. The van der Waals surface area contributed by atoms with Gasteiger partial charge in [-0.1, -0.05) is 6.08 Å². The van der Waals surface area contributed by atoms with Crippen LogP contribution in [0.25, 0.3) is 0 Å². The molecule has 6 heteroatoms. The Hall–Kier alpha value is -1.69. The molecule has 0 aliphatic heterocycles. The number of benzene rings is 1. The molecule has 19 heavy (non-hydrogen) atoms. The summed E-state index contributed by atoms with van der Waals surface area (Å²) in [5, 5.41) is 0. The summed E-state index contributed by atoms with van der Waals surface area (Å²) in [6, 6.07) is 3.27. The van der Waals surface area contributed by atoms with Crippen molar-refractivity contribution in [2.45, 2.75) is 24.8 Å². The van der Waals surface area contributed by atoms with Crippen LogP contribution in [0, 0.1) is 5.82 Å². The van der Waals surface area contributed by atoms with E-state index in [0.717, 1.165) is 12.1 Å². The lowest BCUT2D eigenvalue weighted by molar-refractivity contribution is -0.355. The van der Waals surface area contributed by atoms with Crippen LogP contribution in [0.3, 0.4) is 0 Å². The van der Waals surface area contributed by atoms with Crippen molar-refractivity contribution in [2.75, 3.05) is 0 Å². The average molecular weight is 274 g/mol. The van der Waals surface area contributed by atoms with E-state index in [1.807, 2.05) is 0 Å². The van der Waals surface area contributed by atoms with Crippen LogP contribution in [0.2, 0.25) is 0 Å². The van der Waals surface area contributed by atoms with Gasteiger partial charge in [0, 0.05) is 18.4 Å². The molecule has 1 unspecified atom stereocenters. The topological polar surface area (TPSA) is 26.3 Å². The summed E-state index contributed by atoms with van der Waals surface area (Å²) < 4.78 is 54.5. The molecule has 0 fully saturated rings. The summed E-state index contributed by atoms with van der Waals surface area (Å²) >= 11 is 0. The minimum absolute atomic E-state index is 0.0625. The van der Waals surface area contributed by atoms with Gasteiger partial charge in [0.1, 0.15) is 11.4 Å². The van der Waals surface area contributed by atoms with Crippen LogP contribution >= 0.6 is 0 Å². The number of ether oxygens (including phenoxy) is 1. The number of Topliss-reactive ketones (excluding diaryl/α,β-unsaturated/α-hetero) is 1. The third-order valence-corrected chi connectivity index (χ3v) is 2.99. The molecule has 2 nitrogen and oxygen atoms in total. The highest BCUT2D eigenvalue weighted by Gasteiger charge is 2.52. The summed E-state index contributed by atoms with van der Waals surface area (Å²) in [5.74, 6) is -1.40. The van der Waals surface area contributed by atoms with Crippen molar-refractivity contribution in [3.63, 3.8) is 0 Å². The van der Waals surface area contributed by atoms with Crippen molar-refractivity contribution in [2.24, 2.45) is 0 Å². The maximum Gasteiger partial charge on any atom is 0.523 e. The number of carbonyl (C=O) groups excluding carboxylic acids is 1. The SMILES string of the molecule is C=CCC1(OC(F)(F)F)Cc2cc(F)ccc2C1=O. The van der Waals surface area contributed by atoms with Gasteiger partial charge in [-0.25, -0.2) is 4.39 Å². The zero-order valence-electron chi connectivity index (χ0n) is 9.76. The van der Waals surface area contributed by atoms with E-state index in [4.69, 9.17) is 0 Å². The fraction of sp³-hybridized carbons (Fsp3) is 0.308. The Morgan fingerprint density at radius 3 is 2.68 bits per heavy atom. The summed E-state index contributed by atoms with van der Waals surface area (Å²) in [5.41, 5.74) is -1.78. The molecule has 1 atom stereocenters. The quantitative estimate of drug-likeness (QED) is 0.623. The van der Waals surface area contributed by atoms with Crippen LogP contribution < -0.4 is 0 Å². The minimum Gasteiger partial charge on any atom is -0.291 e. The highest BCUT2D eigenvalue weighted by Crippen LogP contribution is 2.40. The van der Waals surface area contributed by atoms with E-state index >= 15 is 0 Å². The summed E-state index contributed by atoms with van der Waals surface area (Å²) in [6.07, 6.45) is -4.36. The Balaban J connectivity index is 2.44. The number of fused-ring (bicyclic) bond motifs is 1. The normalized spacial score (nSPS) is 22.4. The summed E-state index contributed by atoms with van der Waals surface area (Å²) in [4.78, 5) is 12.1. The predicted molar refractivity (Wildman–Crippen MR) is 59.1 cm³/mol. The number of rotatable bonds is 3. The molecule has 0 radical (unpaired) electrons. The van der Waals surface area contributed by atoms with Gasteiger partial charge >= 0.3 is 6.36 Å². The molecule has 0 saturated carbocycles. The van der Waals surface area contributed by atoms with Crippen LogP contribution in [0.1, 0.15) is 22.3 Å². The molecule has 0 aromatic heterocycles. The number of alkyl halides is 3. The molecular formula is C13H10F4O2. The largest absolute Gasteiger partial charge is 0.523 e. The highest BCUT2D eigenvalue weighted by molar-refractivity contribution is 6.07. The first kappa shape index (κ1) is 13.7. The molecule has 0 heterocycles. The van der Waals surface area contributed by atoms with Crippen molar-refractivity contribution < 1.29 is 27.1 Å². The Kier molecular flexibility index (Phi) is 3.22. The molecule has 0 spiro atoms. The molecule has 0 amide bonds. The van der Waals surface area contributed by atoms with E-state index in [1.165, 1.54) is 12.1 Å². The van der Waals surface area contributed by atoms with Gasteiger partial charge in [-0.15, -0.1) is 19.8 Å². The second-order valence-corrected chi connectivity index (χ2v) is 4.34. The fourth-order valence-electron chi connectivity index (χ4n) is 2.31. The summed E-state index contributed by atoms with van der Waals surface area (Å²) in [7, 11) is 0. The molecule has 0 bridgehead atoms. The van der Waals surface area contributed by atoms with Gasteiger partial charge in [-0.05, 0) is 23.8 Å².